The molecule has 10 aromatic rings. The summed E-state index contributed by atoms with van der Waals surface area (Å²) in [5, 5.41) is 4.66. The average molecular weight is 815 g/mol. The van der Waals surface area contributed by atoms with Gasteiger partial charge in [0.15, 0.2) is 17.2 Å². The second kappa shape index (κ2) is 12.5. The van der Waals surface area contributed by atoms with Gasteiger partial charge in [-0.1, -0.05) is 135 Å². The van der Waals surface area contributed by atoms with E-state index in [2.05, 4.69) is 158 Å². The Kier molecular flexibility index (Phi) is 6.95. The van der Waals surface area contributed by atoms with E-state index >= 15 is 0 Å². The maximum atomic E-state index is 6.97. The SMILES string of the molecule is CC1(C)c2ccccc2-c2ccc(-c3nc(-c4ccccc4)nc(-n4c5c(c6c(-c7ccc8sc9c(c8c7)C=CC7CC97)cc7c8ccccc8oc7c64)CC=CC=C5)n3)cc21. The number of allylic oxidation sites excluding steroid dienone is 4. The van der Waals surface area contributed by atoms with Crippen molar-refractivity contribution in [2.45, 2.75) is 38.0 Å². The third-order valence-corrected chi connectivity index (χ3v) is 15.3. The monoisotopic (exact) mass is 814 g/mol. The van der Waals surface area contributed by atoms with Crippen molar-refractivity contribution in [3.05, 3.63) is 178 Å². The van der Waals surface area contributed by atoms with Gasteiger partial charge in [0.2, 0.25) is 5.95 Å². The summed E-state index contributed by atoms with van der Waals surface area (Å²) < 4.78 is 10.6. The lowest BCUT2D eigenvalue weighted by Gasteiger charge is -2.21. The molecule has 4 aliphatic carbocycles. The van der Waals surface area contributed by atoms with Crippen molar-refractivity contribution >= 4 is 66.4 Å². The first kappa shape index (κ1) is 34.6. The minimum absolute atomic E-state index is 0.170. The Bertz CT molecular complexity index is 3690. The summed E-state index contributed by atoms with van der Waals surface area (Å²) in [7, 11) is 0. The van der Waals surface area contributed by atoms with Crippen LogP contribution in [-0.4, -0.2) is 19.5 Å². The summed E-state index contributed by atoms with van der Waals surface area (Å²) in [6.07, 6.45) is 15.6. The van der Waals surface area contributed by atoms with Crippen molar-refractivity contribution < 1.29 is 4.42 Å². The molecule has 0 amide bonds. The molecular formula is C56H38N4OS. The number of hydrogen-bond acceptors (Lipinski definition) is 5. The molecule has 0 aliphatic heterocycles. The Morgan fingerprint density at radius 1 is 0.677 bits per heavy atom. The molecule has 0 saturated heterocycles. The van der Waals surface area contributed by atoms with Gasteiger partial charge in [0.1, 0.15) is 11.1 Å². The number of aromatic nitrogens is 4. The highest BCUT2D eigenvalue weighted by molar-refractivity contribution is 7.19. The average Bonchev–Trinajstić information content (AvgIpc) is 3.76. The van der Waals surface area contributed by atoms with Crippen LogP contribution in [0.4, 0.5) is 0 Å². The molecule has 6 heteroatoms. The molecule has 5 nitrogen and oxygen atoms in total. The summed E-state index contributed by atoms with van der Waals surface area (Å²) in [5.41, 5.74) is 15.6. The molecule has 4 aliphatic rings. The maximum absolute atomic E-state index is 6.97. The largest absolute Gasteiger partial charge is 0.454 e. The van der Waals surface area contributed by atoms with Gasteiger partial charge in [0.25, 0.3) is 0 Å². The maximum Gasteiger partial charge on any atom is 0.238 e. The standard InChI is InChI=1S/C56H38N4OS/c1-56(2)44-18-11-9-15-35(44)36-24-22-34(29-45(36)56)54-57-53(31-13-5-3-6-14-31)58-55(59-54)60-46-19-8-4-7-17-39(46)49-40(30-43-37-16-10-12-20-47(37)61-51(43)50(49)60)32-23-26-48-42(28-32)38-25-21-33-27-41(33)52(38)62-48/h3-16,18-26,28-30,33,41H,17,27H2,1-2H3. The molecule has 6 aromatic carbocycles. The van der Waals surface area contributed by atoms with E-state index in [-0.39, 0.29) is 5.41 Å². The zero-order chi connectivity index (χ0) is 40.8. The first-order valence-corrected chi connectivity index (χ1v) is 22.5. The number of fused-ring (bicyclic) bond motifs is 15. The van der Waals surface area contributed by atoms with Crippen molar-refractivity contribution in [3.63, 3.8) is 0 Å². The molecule has 2 unspecified atom stereocenters. The van der Waals surface area contributed by atoms with Crippen molar-refractivity contribution in [1.29, 1.82) is 0 Å². The van der Waals surface area contributed by atoms with E-state index in [0.29, 0.717) is 29.4 Å². The number of nitrogens with zero attached hydrogens (tertiary/aromatic N) is 4. The molecule has 0 radical (unpaired) electrons. The van der Waals surface area contributed by atoms with Crippen LogP contribution in [0.25, 0.3) is 106 Å². The fourth-order valence-electron chi connectivity index (χ4n) is 10.8. The first-order chi connectivity index (χ1) is 30.5. The summed E-state index contributed by atoms with van der Waals surface area (Å²) in [5.74, 6) is 3.21. The Morgan fingerprint density at radius 3 is 2.40 bits per heavy atom. The Balaban J connectivity index is 1.07. The van der Waals surface area contributed by atoms with Gasteiger partial charge in [0.05, 0.1) is 5.69 Å². The van der Waals surface area contributed by atoms with Gasteiger partial charge >= 0.3 is 0 Å². The summed E-state index contributed by atoms with van der Waals surface area (Å²) >= 11 is 1.98. The Morgan fingerprint density at radius 2 is 1.48 bits per heavy atom. The van der Waals surface area contributed by atoms with Gasteiger partial charge in [-0.2, -0.15) is 9.97 Å². The number of rotatable bonds is 4. The van der Waals surface area contributed by atoms with Crippen LogP contribution >= 0.6 is 11.3 Å². The van der Waals surface area contributed by atoms with Crippen LogP contribution in [-0.2, 0) is 11.8 Å². The number of para-hydroxylation sites is 1. The van der Waals surface area contributed by atoms with Gasteiger partial charge in [-0.25, -0.2) is 4.98 Å². The van der Waals surface area contributed by atoms with Gasteiger partial charge in [-0.3, -0.25) is 4.57 Å². The van der Waals surface area contributed by atoms with Crippen molar-refractivity contribution in [2.75, 3.05) is 0 Å². The molecule has 0 bridgehead atoms. The highest BCUT2D eigenvalue weighted by Gasteiger charge is 2.41. The first-order valence-electron chi connectivity index (χ1n) is 21.6. The van der Waals surface area contributed by atoms with Crippen LogP contribution in [0, 0.1) is 5.92 Å². The molecule has 1 saturated carbocycles. The van der Waals surface area contributed by atoms with Crippen LogP contribution < -0.4 is 0 Å². The van der Waals surface area contributed by atoms with Crippen LogP contribution in [0.5, 0.6) is 0 Å². The van der Waals surface area contributed by atoms with Crippen LogP contribution in [0.3, 0.4) is 0 Å². The fourth-order valence-corrected chi connectivity index (χ4v) is 12.2. The van der Waals surface area contributed by atoms with Crippen LogP contribution in [0.15, 0.2) is 150 Å². The van der Waals surface area contributed by atoms with E-state index in [1.807, 2.05) is 29.5 Å². The number of hydrogen-bond donors (Lipinski definition) is 0. The topological polar surface area (TPSA) is 56.7 Å². The molecule has 14 rings (SSSR count). The summed E-state index contributed by atoms with van der Waals surface area (Å²) in [4.78, 5) is 17.7. The number of thiophene rings is 1. The third kappa shape index (κ3) is 4.81. The third-order valence-electron chi connectivity index (χ3n) is 14.0. The molecule has 2 atom stereocenters. The molecular weight excluding hydrogens is 777 g/mol. The van der Waals surface area contributed by atoms with E-state index in [4.69, 9.17) is 19.4 Å². The Labute approximate surface area is 362 Å². The molecule has 0 N–H and O–H groups in total. The quantitative estimate of drug-likeness (QED) is 0.178. The van der Waals surface area contributed by atoms with E-state index in [9.17, 15) is 0 Å². The van der Waals surface area contributed by atoms with Gasteiger partial charge in [-0.15, -0.1) is 11.3 Å². The van der Waals surface area contributed by atoms with Gasteiger partial charge < -0.3 is 4.42 Å². The molecule has 294 valence electrons. The molecule has 1 fully saturated rings. The van der Waals surface area contributed by atoms with E-state index in [1.54, 1.807) is 4.88 Å². The van der Waals surface area contributed by atoms with Crippen molar-refractivity contribution in [2.24, 2.45) is 5.92 Å². The highest BCUT2D eigenvalue weighted by atomic mass is 32.1. The van der Waals surface area contributed by atoms with Crippen LogP contribution in [0.1, 0.15) is 59.0 Å². The molecule has 4 aromatic heterocycles. The predicted octanol–water partition coefficient (Wildman–Crippen LogP) is 14.5. The smallest absolute Gasteiger partial charge is 0.238 e. The predicted molar refractivity (Wildman–Crippen MR) is 255 cm³/mol. The highest BCUT2D eigenvalue weighted by Crippen LogP contribution is 2.57. The zero-order valence-corrected chi connectivity index (χ0v) is 35.0. The molecule has 62 heavy (non-hydrogen) atoms. The fraction of sp³-hybridized carbons (Fsp3) is 0.125. The van der Waals surface area contributed by atoms with Crippen molar-refractivity contribution in [1.82, 2.24) is 19.5 Å². The van der Waals surface area contributed by atoms with Crippen molar-refractivity contribution in [3.8, 4) is 51.0 Å². The lowest BCUT2D eigenvalue weighted by atomic mass is 9.82. The minimum atomic E-state index is -0.170. The van der Waals surface area contributed by atoms with Gasteiger partial charge in [-0.05, 0) is 99.7 Å². The minimum Gasteiger partial charge on any atom is -0.454 e. The van der Waals surface area contributed by atoms with E-state index in [1.165, 1.54) is 61.0 Å². The number of furan rings is 1. The van der Waals surface area contributed by atoms with Crippen LogP contribution in [0.2, 0.25) is 0 Å². The zero-order valence-electron chi connectivity index (χ0n) is 34.2. The number of benzene rings is 6. The van der Waals surface area contributed by atoms with E-state index < -0.39 is 0 Å². The lowest BCUT2D eigenvalue weighted by Crippen LogP contribution is -2.15. The molecule has 4 heterocycles. The lowest BCUT2D eigenvalue weighted by molar-refractivity contribution is 0.660. The molecule has 0 spiro atoms. The van der Waals surface area contributed by atoms with E-state index in [0.717, 1.165) is 56.1 Å². The second-order valence-corrected chi connectivity index (χ2v) is 18.9. The summed E-state index contributed by atoms with van der Waals surface area (Å²) in [6.45, 7) is 4.63. The Hall–Kier alpha value is -7.15. The second-order valence-electron chi connectivity index (χ2n) is 17.8. The summed E-state index contributed by atoms with van der Waals surface area (Å²) in [6, 6.07) is 43.7. The normalized spacial score (nSPS) is 17.6. The van der Waals surface area contributed by atoms with Gasteiger partial charge in [0, 0.05) is 53.6 Å².